The molecule has 1 aromatic carbocycles. The maximum absolute atomic E-state index is 14.3. The predicted octanol–water partition coefficient (Wildman–Crippen LogP) is 1.67. The van der Waals surface area contributed by atoms with Crippen LogP contribution < -0.4 is 4.90 Å². The van der Waals surface area contributed by atoms with Crippen LogP contribution in [0.5, 0.6) is 0 Å². The van der Waals surface area contributed by atoms with Crippen LogP contribution in [0.2, 0.25) is 0 Å². The second-order valence-electron chi connectivity index (χ2n) is 9.73. The van der Waals surface area contributed by atoms with Gasteiger partial charge in [0.05, 0.1) is 11.5 Å². The van der Waals surface area contributed by atoms with Crippen molar-refractivity contribution in [1.82, 2.24) is 4.90 Å². The molecule has 1 N–H and O–H groups in total. The number of aryl methyl sites for hydroxylation is 2. The van der Waals surface area contributed by atoms with E-state index in [1.807, 2.05) is 44.2 Å². The zero-order valence-electron chi connectivity index (χ0n) is 19.7. The smallest absolute Gasteiger partial charge is 0.313 e. The molecule has 4 aliphatic heterocycles. The minimum absolute atomic E-state index is 0.119. The molecule has 2 fully saturated rings. The van der Waals surface area contributed by atoms with Crippen LogP contribution in [0.3, 0.4) is 0 Å². The normalized spacial score (nSPS) is 34.5. The second kappa shape index (κ2) is 8.06. The van der Waals surface area contributed by atoms with Crippen LogP contribution in [-0.4, -0.2) is 71.3 Å². The summed E-state index contributed by atoms with van der Waals surface area (Å²) in [6.45, 7) is 6.21. The fourth-order valence-electron chi connectivity index (χ4n) is 6.27. The number of hydrogen-bond donors (Lipinski definition) is 1. The topological polar surface area (TPSA) is 96.4 Å². The summed E-state index contributed by atoms with van der Waals surface area (Å²) >= 11 is 0. The van der Waals surface area contributed by atoms with Gasteiger partial charge in [0, 0.05) is 25.4 Å². The van der Waals surface area contributed by atoms with Crippen LogP contribution in [0, 0.1) is 25.7 Å². The third kappa shape index (κ3) is 3.08. The lowest BCUT2D eigenvalue weighted by molar-refractivity contribution is -0.156. The highest BCUT2D eigenvalue weighted by molar-refractivity contribution is 6.06. The van der Waals surface area contributed by atoms with Gasteiger partial charge in [0.2, 0.25) is 5.91 Å². The number of cyclic esters (lactones) is 1. The number of esters is 1. The van der Waals surface area contributed by atoms with Crippen LogP contribution in [0.15, 0.2) is 42.5 Å². The van der Waals surface area contributed by atoms with E-state index in [1.165, 1.54) is 4.90 Å². The van der Waals surface area contributed by atoms with Gasteiger partial charge in [-0.1, -0.05) is 36.4 Å². The Kier molecular flexibility index (Phi) is 5.41. The largest absolute Gasteiger partial charge is 0.461 e. The molecule has 1 aromatic rings. The zero-order valence-corrected chi connectivity index (χ0v) is 19.7. The van der Waals surface area contributed by atoms with Crippen LogP contribution in [-0.2, 0) is 23.9 Å². The van der Waals surface area contributed by atoms with Crippen molar-refractivity contribution in [2.75, 3.05) is 31.2 Å². The Bertz CT molecular complexity index is 1090. The number of aliphatic hydroxyl groups excluding tert-OH is 1. The Morgan fingerprint density at radius 1 is 1.06 bits per heavy atom. The van der Waals surface area contributed by atoms with Gasteiger partial charge in [-0.3, -0.25) is 14.4 Å². The van der Waals surface area contributed by atoms with Crippen LogP contribution in [0.1, 0.15) is 24.5 Å². The van der Waals surface area contributed by atoms with Gasteiger partial charge in [-0.2, -0.15) is 0 Å². The van der Waals surface area contributed by atoms with E-state index < -0.39 is 35.0 Å². The van der Waals surface area contributed by atoms with E-state index in [1.54, 1.807) is 24.0 Å². The number of nitrogens with zero attached hydrogens (tertiary/aromatic N) is 2. The third-order valence-corrected chi connectivity index (χ3v) is 7.58. The number of para-hydroxylation sites is 1. The fraction of sp³-hybridized carbons (Fsp3) is 0.500. The summed E-state index contributed by atoms with van der Waals surface area (Å²) in [5.41, 5.74) is 0.334. The highest BCUT2D eigenvalue weighted by Crippen LogP contribution is 2.57. The molecule has 0 aliphatic carbocycles. The first-order valence-electron chi connectivity index (χ1n) is 11.8. The van der Waals surface area contributed by atoms with Gasteiger partial charge in [-0.25, -0.2) is 0 Å². The molecular formula is C26H30N2O6. The van der Waals surface area contributed by atoms with E-state index in [-0.39, 0.29) is 31.6 Å². The number of rotatable bonds is 4. The van der Waals surface area contributed by atoms with Gasteiger partial charge < -0.3 is 24.4 Å². The number of hydrogen-bond acceptors (Lipinski definition) is 6. The average Bonchev–Trinajstić information content (AvgIpc) is 3.04. The predicted molar refractivity (Wildman–Crippen MR) is 124 cm³/mol. The molecule has 34 heavy (non-hydrogen) atoms. The van der Waals surface area contributed by atoms with Crippen molar-refractivity contribution >= 4 is 23.5 Å². The summed E-state index contributed by atoms with van der Waals surface area (Å²) in [6, 6.07) is 4.90. The molecule has 8 nitrogen and oxygen atoms in total. The number of amides is 2. The van der Waals surface area contributed by atoms with E-state index in [9.17, 15) is 19.5 Å². The van der Waals surface area contributed by atoms with Gasteiger partial charge in [-0.05, 0) is 44.4 Å². The number of likely N-dealkylation sites (tertiary alicyclic amines) is 1. The fourth-order valence-corrected chi connectivity index (χ4v) is 6.27. The lowest BCUT2D eigenvalue weighted by Crippen LogP contribution is -2.56. The third-order valence-electron chi connectivity index (χ3n) is 7.58. The maximum atomic E-state index is 14.3. The van der Waals surface area contributed by atoms with Crippen LogP contribution >= 0.6 is 0 Å². The Balaban J connectivity index is 1.66. The Morgan fingerprint density at radius 2 is 1.79 bits per heavy atom. The molecule has 5 rings (SSSR count). The molecule has 0 radical (unpaired) electrons. The second-order valence-corrected chi connectivity index (χ2v) is 9.73. The minimum Gasteiger partial charge on any atom is -0.461 e. The average molecular weight is 467 g/mol. The van der Waals surface area contributed by atoms with Crippen molar-refractivity contribution in [2.24, 2.45) is 11.8 Å². The SMILES string of the molecule is Cc1cccc(C)c1N1CC=C[C@]23O[C@@]4(C)C=CCOC(=O)[C@H]4[C@H]2C(=O)N(CCCO)C3C1=O. The summed E-state index contributed by atoms with van der Waals surface area (Å²) < 4.78 is 12.0. The molecule has 0 saturated carbocycles. The molecule has 1 unspecified atom stereocenters. The lowest BCUT2D eigenvalue weighted by Gasteiger charge is -2.37. The molecule has 8 heteroatoms. The monoisotopic (exact) mass is 466 g/mol. The van der Waals surface area contributed by atoms with Crippen molar-refractivity contribution in [3.63, 3.8) is 0 Å². The molecule has 4 aliphatic rings. The first-order chi connectivity index (χ1) is 16.2. The number of carbonyl (C=O) groups excluding carboxylic acids is 3. The van der Waals surface area contributed by atoms with Crippen molar-refractivity contribution in [2.45, 2.75) is 44.4 Å². The summed E-state index contributed by atoms with van der Waals surface area (Å²) in [4.78, 5) is 44.4. The van der Waals surface area contributed by atoms with Gasteiger partial charge in [0.25, 0.3) is 5.91 Å². The quantitative estimate of drug-likeness (QED) is 0.536. The number of carbonyl (C=O) groups is 3. The van der Waals surface area contributed by atoms with E-state index in [4.69, 9.17) is 9.47 Å². The van der Waals surface area contributed by atoms with Crippen molar-refractivity contribution in [1.29, 1.82) is 0 Å². The number of anilines is 1. The molecule has 2 amide bonds. The summed E-state index contributed by atoms with van der Waals surface area (Å²) in [6.07, 6.45) is 7.50. The Hall–Kier alpha value is -2.97. The molecule has 0 bridgehead atoms. The summed E-state index contributed by atoms with van der Waals surface area (Å²) in [5.74, 6) is -2.84. The number of ether oxygens (including phenoxy) is 2. The molecular weight excluding hydrogens is 436 g/mol. The highest BCUT2D eigenvalue weighted by Gasteiger charge is 2.74. The number of benzene rings is 1. The van der Waals surface area contributed by atoms with Gasteiger partial charge >= 0.3 is 5.97 Å². The zero-order chi connectivity index (χ0) is 24.3. The van der Waals surface area contributed by atoms with Crippen molar-refractivity contribution in [3.8, 4) is 0 Å². The lowest BCUT2D eigenvalue weighted by atomic mass is 9.75. The van der Waals surface area contributed by atoms with Gasteiger partial charge in [-0.15, -0.1) is 0 Å². The van der Waals surface area contributed by atoms with Crippen molar-refractivity contribution in [3.05, 3.63) is 53.6 Å². The maximum Gasteiger partial charge on any atom is 0.313 e. The summed E-state index contributed by atoms with van der Waals surface area (Å²) in [7, 11) is 0. The van der Waals surface area contributed by atoms with E-state index in [0.29, 0.717) is 13.0 Å². The van der Waals surface area contributed by atoms with E-state index in [2.05, 4.69) is 0 Å². The van der Waals surface area contributed by atoms with Crippen LogP contribution in [0.25, 0.3) is 0 Å². The molecule has 4 heterocycles. The molecule has 2 saturated heterocycles. The molecule has 180 valence electrons. The van der Waals surface area contributed by atoms with Crippen molar-refractivity contribution < 1.29 is 29.0 Å². The highest BCUT2D eigenvalue weighted by atomic mass is 16.6. The standard InChI is InChI=1S/C26H30N2O6/c1-16-8-4-9-17(2)20(16)27-12-5-11-26-18(19-24(32)33-15-6-10-25(19,3)34-26)22(30)28(13-7-14-29)21(26)23(27)31/h4-6,8-11,18-19,21,29H,7,12-15H2,1-3H3/t18-,19+,21?,25-,26-/m0/s1. The Morgan fingerprint density at radius 3 is 2.50 bits per heavy atom. The number of aliphatic hydroxyl groups is 1. The molecule has 0 aromatic heterocycles. The summed E-state index contributed by atoms with van der Waals surface area (Å²) in [5, 5.41) is 9.48. The van der Waals surface area contributed by atoms with Gasteiger partial charge in [0.15, 0.2) is 0 Å². The Labute approximate surface area is 198 Å². The van der Waals surface area contributed by atoms with E-state index >= 15 is 0 Å². The van der Waals surface area contributed by atoms with E-state index in [0.717, 1.165) is 16.8 Å². The van der Waals surface area contributed by atoms with Crippen LogP contribution in [0.4, 0.5) is 5.69 Å². The first kappa shape index (κ1) is 22.8. The first-order valence-corrected chi connectivity index (χ1v) is 11.8. The number of fused-ring (bicyclic) bond motifs is 2. The molecule has 5 atom stereocenters. The molecule has 1 spiro atoms. The minimum atomic E-state index is -1.31. The van der Waals surface area contributed by atoms with Gasteiger partial charge in [0.1, 0.15) is 24.2 Å².